The summed E-state index contributed by atoms with van der Waals surface area (Å²) < 4.78 is 27.9. The summed E-state index contributed by atoms with van der Waals surface area (Å²) in [5.74, 6) is -2.19. The summed E-state index contributed by atoms with van der Waals surface area (Å²) in [6.07, 6.45) is 1.06. The van der Waals surface area contributed by atoms with E-state index in [1.165, 1.54) is 10.7 Å². The number of amides is 1. The Bertz CT molecular complexity index is 1350. The van der Waals surface area contributed by atoms with Gasteiger partial charge in [-0.2, -0.15) is 10.2 Å². The van der Waals surface area contributed by atoms with E-state index in [2.05, 4.69) is 15.6 Å². The Balaban J connectivity index is 1.67. The monoisotopic (exact) mass is 418 g/mol. The smallest absolute Gasteiger partial charge is 0.267 e. The third kappa shape index (κ3) is 4.37. The van der Waals surface area contributed by atoms with Crippen molar-refractivity contribution < 1.29 is 13.6 Å². The van der Waals surface area contributed by atoms with Crippen molar-refractivity contribution in [1.29, 1.82) is 0 Å². The summed E-state index contributed by atoms with van der Waals surface area (Å²) in [6, 6.07) is 18.9. The van der Waals surface area contributed by atoms with Gasteiger partial charge in [0.1, 0.15) is 11.6 Å². The molecule has 0 aliphatic heterocycles. The fourth-order valence-corrected chi connectivity index (χ4v) is 3.09. The van der Waals surface area contributed by atoms with Crippen molar-refractivity contribution in [2.75, 3.05) is 0 Å². The van der Waals surface area contributed by atoms with Crippen molar-refractivity contribution in [3.05, 3.63) is 112 Å². The van der Waals surface area contributed by atoms with E-state index in [9.17, 15) is 18.4 Å². The number of fused-ring (bicyclic) bond motifs is 1. The zero-order chi connectivity index (χ0) is 21.8. The fraction of sp³-hybridized carbons (Fsp3) is 0.0435. The topological polar surface area (TPSA) is 76.3 Å². The average molecular weight is 418 g/mol. The van der Waals surface area contributed by atoms with Crippen molar-refractivity contribution in [1.82, 2.24) is 15.2 Å². The quantitative estimate of drug-likeness (QED) is 0.398. The summed E-state index contributed by atoms with van der Waals surface area (Å²) in [6.45, 7) is 0.189. The molecule has 154 valence electrons. The Morgan fingerprint density at radius 3 is 2.45 bits per heavy atom. The molecule has 0 aliphatic rings. The minimum Gasteiger partial charge on any atom is -0.267 e. The van der Waals surface area contributed by atoms with Crippen LogP contribution in [0.1, 0.15) is 21.6 Å². The van der Waals surface area contributed by atoms with E-state index >= 15 is 0 Å². The summed E-state index contributed by atoms with van der Waals surface area (Å²) in [5, 5.41) is 8.69. The number of hydrogen-bond donors (Lipinski definition) is 1. The van der Waals surface area contributed by atoms with Crippen LogP contribution >= 0.6 is 0 Å². The molecule has 0 saturated heterocycles. The lowest BCUT2D eigenvalue weighted by molar-refractivity contribution is 0.0949. The average Bonchev–Trinajstić information content (AvgIpc) is 2.78. The maximum absolute atomic E-state index is 13.7. The molecule has 4 rings (SSSR count). The number of rotatable bonds is 5. The van der Waals surface area contributed by atoms with Crippen molar-refractivity contribution in [3.63, 3.8) is 0 Å². The minimum absolute atomic E-state index is 0.00265. The molecule has 0 radical (unpaired) electrons. The van der Waals surface area contributed by atoms with Crippen LogP contribution < -0.4 is 11.0 Å². The Labute approximate surface area is 175 Å². The second-order valence-corrected chi connectivity index (χ2v) is 6.71. The van der Waals surface area contributed by atoms with Gasteiger partial charge in [0.05, 0.1) is 18.1 Å². The van der Waals surface area contributed by atoms with Gasteiger partial charge in [-0.15, -0.1) is 0 Å². The lowest BCUT2D eigenvalue weighted by Crippen LogP contribution is -2.29. The highest BCUT2D eigenvalue weighted by Crippen LogP contribution is 2.14. The Morgan fingerprint density at radius 1 is 1.00 bits per heavy atom. The van der Waals surface area contributed by atoms with E-state index in [4.69, 9.17) is 0 Å². The van der Waals surface area contributed by atoms with E-state index < -0.39 is 17.5 Å². The zero-order valence-electron chi connectivity index (χ0n) is 16.1. The molecule has 6 nitrogen and oxygen atoms in total. The van der Waals surface area contributed by atoms with Crippen molar-refractivity contribution in [2.24, 2.45) is 5.10 Å². The number of hydrazone groups is 1. The van der Waals surface area contributed by atoms with Gasteiger partial charge < -0.3 is 0 Å². The van der Waals surface area contributed by atoms with Crippen LogP contribution in [0.15, 0.2) is 82.7 Å². The van der Waals surface area contributed by atoms with Gasteiger partial charge in [0.15, 0.2) is 5.69 Å². The van der Waals surface area contributed by atoms with Gasteiger partial charge in [0.2, 0.25) is 0 Å². The minimum atomic E-state index is -0.807. The van der Waals surface area contributed by atoms with E-state index in [-0.39, 0.29) is 23.4 Å². The highest BCUT2D eigenvalue weighted by Gasteiger charge is 2.16. The first-order valence-corrected chi connectivity index (χ1v) is 9.35. The predicted molar refractivity (Wildman–Crippen MR) is 113 cm³/mol. The molecule has 0 aliphatic carbocycles. The molecular formula is C23H16F2N4O2. The van der Waals surface area contributed by atoms with Gasteiger partial charge in [-0.05, 0) is 23.8 Å². The summed E-state index contributed by atoms with van der Waals surface area (Å²) in [5.41, 5.74) is 2.82. The molecule has 0 spiro atoms. The van der Waals surface area contributed by atoms with Gasteiger partial charge in [-0.3, -0.25) is 9.59 Å². The highest BCUT2D eigenvalue weighted by atomic mass is 19.1. The molecule has 8 heteroatoms. The van der Waals surface area contributed by atoms with Crippen LogP contribution in [-0.2, 0) is 6.54 Å². The first-order chi connectivity index (χ1) is 15.0. The predicted octanol–water partition coefficient (Wildman–Crippen LogP) is 3.49. The van der Waals surface area contributed by atoms with Gasteiger partial charge in [0.25, 0.3) is 11.5 Å². The van der Waals surface area contributed by atoms with Crippen molar-refractivity contribution >= 4 is 22.9 Å². The van der Waals surface area contributed by atoms with Crippen LogP contribution in [0.5, 0.6) is 0 Å². The van der Waals surface area contributed by atoms with E-state index in [1.807, 2.05) is 30.3 Å². The molecule has 1 amide bonds. The second kappa shape index (κ2) is 8.66. The highest BCUT2D eigenvalue weighted by molar-refractivity contribution is 6.04. The number of hydrogen-bond acceptors (Lipinski definition) is 4. The largest absolute Gasteiger partial charge is 0.292 e. The van der Waals surface area contributed by atoms with Gasteiger partial charge in [-0.25, -0.2) is 18.9 Å². The number of carbonyl (C=O) groups excluding carboxylic acids is 1. The molecular weight excluding hydrogens is 402 g/mol. The normalized spacial score (nSPS) is 11.2. The molecule has 1 N–H and O–H groups in total. The number of halogens is 2. The third-order valence-corrected chi connectivity index (χ3v) is 4.59. The maximum Gasteiger partial charge on any atom is 0.292 e. The summed E-state index contributed by atoms with van der Waals surface area (Å²) >= 11 is 0. The molecule has 3 aromatic carbocycles. The van der Waals surface area contributed by atoms with Crippen molar-refractivity contribution in [3.8, 4) is 0 Å². The zero-order valence-corrected chi connectivity index (χ0v) is 16.1. The van der Waals surface area contributed by atoms with E-state index in [0.717, 1.165) is 23.9 Å². The number of nitrogens with zero attached hydrogens (tertiary/aromatic N) is 3. The van der Waals surface area contributed by atoms with Gasteiger partial charge in [0, 0.05) is 17.0 Å². The van der Waals surface area contributed by atoms with Crippen LogP contribution in [0.3, 0.4) is 0 Å². The molecule has 31 heavy (non-hydrogen) atoms. The Hall–Kier alpha value is -4.20. The van der Waals surface area contributed by atoms with Crippen molar-refractivity contribution in [2.45, 2.75) is 6.54 Å². The standard InChI is InChI=1S/C23H16F2N4O2/c24-17-11-10-16(20(25)12-17)13-26-27-22(30)21-18-8-4-5-9-19(18)23(31)29(28-21)14-15-6-2-1-3-7-15/h1-13H,14H2,(H,27,30)/b26-13+. The molecule has 0 saturated carbocycles. The third-order valence-electron chi connectivity index (χ3n) is 4.59. The second-order valence-electron chi connectivity index (χ2n) is 6.71. The summed E-state index contributed by atoms with van der Waals surface area (Å²) in [7, 11) is 0. The van der Waals surface area contributed by atoms with Gasteiger partial charge >= 0.3 is 0 Å². The number of aromatic nitrogens is 2. The first kappa shape index (κ1) is 20.1. The van der Waals surface area contributed by atoms with Crippen LogP contribution in [0.4, 0.5) is 8.78 Å². The molecule has 1 heterocycles. The van der Waals surface area contributed by atoms with Crippen LogP contribution in [0.2, 0.25) is 0 Å². The molecule has 0 bridgehead atoms. The van der Waals surface area contributed by atoms with E-state index in [0.29, 0.717) is 10.8 Å². The molecule has 1 aromatic heterocycles. The van der Waals surface area contributed by atoms with Crippen LogP contribution in [0.25, 0.3) is 10.8 Å². The fourth-order valence-electron chi connectivity index (χ4n) is 3.09. The van der Waals surface area contributed by atoms with E-state index in [1.54, 1.807) is 24.3 Å². The number of nitrogens with one attached hydrogen (secondary N) is 1. The molecule has 0 fully saturated rings. The molecule has 0 atom stereocenters. The SMILES string of the molecule is O=C(N/N=C/c1ccc(F)cc1F)c1nn(Cc2ccccc2)c(=O)c2ccccc12. The number of carbonyl (C=O) groups is 1. The lowest BCUT2D eigenvalue weighted by Gasteiger charge is -2.10. The Morgan fingerprint density at radius 2 is 1.71 bits per heavy atom. The van der Waals surface area contributed by atoms with Crippen LogP contribution in [-0.4, -0.2) is 21.9 Å². The summed E-state index contributed by atoms with van der Waals surface area (Å²) in [4.78, 5) is 25.6. The maximum atomic E-state index is 13.7. The van der Waals surface area contributed by atoms with Crippen LogP contribution in [0, 0.1) is 11.6 Å². The first-order valence-electron chi connectivity index (χ1n) is 9.35. The molecule has 4 aromatic rings. The van der Waals surface area contributed by atoms with Gasteiger partial charge in [-0.1, -0.05) is 48.5 Å². The Kier molecular flexibility index (Phi) is 5.61. The number of benzene rings is 3. The molecule has 0 unspecified atom stereocenters. The lowest BCUT2D eigenvalue weighted by atomic mass is 10.1.